The SMILES string of the molecule is CC(C)NC(=O)N1[C@H](C#N)[C@@H](c2ccc(C#Cc3ccccn3)cc2)[C@H]1CO. The van der Waals surface area contributed by atoms with Crippen LogP contribution in [0.3, 0.4) is 0 Å². The molecule has 3 atom stereocenters. The van der Waals surface area contributed by atoms with Gasteiger partial charge in [-0.1, -0.05) is 24.1 Å². The van der Waals surface area contributed by atoms with Gasteiger partial charge in [0, 0.05) is 23.7 Å². The molecule has 142 valence electrons. The average molecular weight is 374 g/mol. The fourth-order valence-electron chi connectivity index (χ4n) is 3.37. The number of carbonyl (C=O) groups is 1. The van der Waals surface area contributed by atoms with E-state index in [9.17, 15) is 15.2 Å². The lowest BCUT2D eigenvalue weighted by atomic mass is 9.76. The van der Waals surface area contributed by atoms with Crippen molar-refractivity contribution in [2.75, 3.05) is 6.61 Å². The van der Waals surface area contributed by atoms with E-state index in [1.807, 2.05) is 56.3 Å². The molecule has 2 heterocycles. The van der Waals surface area contributed by atoms with E-state index >= 15 is 0 Å². The number of hydrogen-bond donors (Lipinski definition) is 2. The number of nitrogens with one attached hydrogen (secondary N) is 1. The van der Waals surface area contributed by atoms with Crippen molar-refractivity contribution in [3.8, 4) is 17.9 Å². The molecule has 0 saturated carbocycles. The van der Waals surface area contributed by atoms with Crippen LogP contribution in [0.25, 0.3) is 0 Å². The highest BCUT2D eigenvalue weighted by Crippen LogP contribution is 2.40. The van der Waals surface area contributed by atoms with E-state index in [1.54, 1.807) is 6.20 Å². The quantitative estimate of drug-likeness (QED) is 0.807. The van der Waals surface area contributed by atoms with E-state index in [4.69, 9.17) is 0 Å². The Morgan fingerprint density at radius 3 is 2.57 bits per heavy atom. The molecule has 1 aliphatic rings. The molecule has 3 rings (SSSR count). The smallest absolute Gasteiger partial charge is 0.319 e. The van der Waals surface area contributed by atoms with E-state index < -0.39 is 12.1 Å². The van der Waals surface area contributed by atoms with Gasteiger partial charge in [0.2, 0.25) is 0 Å². The second kappa shape index (κ2) is 8.56. The van der Waals surface area contributed by atoms with Crippen molar-refractivity contribution in [2.24, 2.45) is 0 Å². The van der Waals surface area contributed by atoms with Gasteiger partial charge in [-0.25, -0.2) is 9.78 Å². The molecule has 2 N–H and O–H groups in total. The minimum atomic E-state index is -0.610. The van der Waals surface area contributed by atoms with Gasteiger partial charge in [0.1, 0.15) is 11.7 Å². The van der Waals surface area contributed by atoms with E-state index in [0.29, 0.717) is 5.69 Å². The van der Waals surface area contributed by atoms with Crippen LogP contribution in [0.4, 0.5) is 4.79 Å². The van der Waals surface area contributed by atoms with Crippen LogP contribution >= 0.6 is 0 Å². The Kier molecular flexibility index (Phi) is 5.93. The summed E-state index contributed by atoms with van der Waals surface area (Å²) in [5, 5.41) is 22.1. The van der Waals surface area contributed by atoms with Crippen LogP contribution < -0.4 is 5.32 Å². The van der Waals surface area contributed by atoms with E-state index in [0.717, 1.165) is 11.1 Å². The lowest BCUT2D eigenvalue weighted by Gasteiger charge is -2.51. The summed E-state index contributed by atoms with van der Waals surface area (Å²) in [6.07, 6.45) is 1.70. The van der Waals surface area contributed by atoms with Crippen molar-refractivity contribution in [1.82, 2.24) is 15.2 Å². The monoisotopic (exact) mass is 374 g/mol. The predicted molar refractivity (Wildman–Crippen MR) is 105 cm³/mol. The Morgan fingerprint density at radius 2 is 2.00 bits per heavy atom. The van der Waals surface area contributed by atoms with Gasteiger partial charge in [-0.05, 0) is 49.6 Å². The molecule has 0 aliphatic carbocycles. The van der Waals surface area contributed by atoms with Crippen LogP contribution in [0, 0.1) is 23.2 Å². The highest BCUT2D eigenvalue weighted by atomic mass is 16.3. The van der Waals surface area contributed by atoms with Crippen LogP contribution in [0.5, 0.6) is 0 Å². The molecule has 6 heteroatoms. The van der Waals surface area contributed by atoms with Gasteiger partial charge in [-0.15, -0.1) is 0 Å². The first-order valence-electron chi connectivity index (χ1n) is 9.17. The first kappa shape index (κ1) is 19.4. The molecular formula is C22H22N4O2. The zero-order valence-corrected chi connectivity index (χ0v) is 15.8. The number of urea groups is 1. The number of aliphatic hydroxyl groups is 1. The molecule has 0 bridgehead atoms. The van der Waals surface area contributed by atoms with E-state index in [-0.39, 0.29) is 24.6 Å². The maximum atomic E-state index is 12.4. The van der Waals surface area contributed by atoms with Gasteiger partial charge in [-0.2, -0.15) is 5.26 Å². The number of nitriles is 1. The van der Waals surface area contributed by atoms with Crippen LogP contribution in [0.15, 0.2) is 48.7 Å². The zero-order chi connectivity index (χ0) is 20.1. The summed E-state index contributed by atoms with van der Waals surface area (Å²) in [6, 6.07) is 13.9. The largest absolute Gasteiger partial charge is 0.394 e. The van der Waals surface area contributed by atoms with Gasteiger partial charge < -0.3 is 15.3 Å². The number of hydrogen-bond acceptors (Lipinski definition) is 4. The first-order valence-corrected chi connectivity index (χ1v) is 9.17. The Labute approximate surface area is 164 Å². The molecule has 2 aromatic rings. The number of carbonyl (C=O) groups excluding carboxylic acids is 1. The minimum absolute atomic E-state index is 0.0396. The van der Waals surface area contributed by atoms with Gasteiger partial charge >= 0.3 is 6.03 Å². The van der Waals surface area contributed by atoms with E-state index in [2.05, 4.69) is 28.2 Å². The highest BCUT2D eigenvalue weighted by Gasteiger charge is 2.51. The number of benzene rings is 1. The van der Waals surface area contributed by atoms with Gasteiger partial charge in [-0.3, -0.25) is 0 Å². The Morgan fingerprint density at radius 1 is 1.25 bits per heavy atom. The van der Waals surface area contributed by atoms with Crippen molar-refractivity contribution >= 4 is 6.03 Å². The van der Waals surface area contributed by atoms with Crippen molar-refractivity contribution in [1.29, 1.82) is 5.26 Å². The Balaban J connectivity index is 1.77. The van der Waals surface area contributed by atoms with Crippen LogP contribution in [-0.4, -0.2) is 45.8 Å². The first-order chi connectivity index (χ1) is 13.5. The summed E-state index contributed by atoms with van der Waals surface area (Å²) in [5.41, 5.74) is 2.43. The zero-order valence-electron chi connectivity index (χ0n) is 15.8. The summed E-state index contributed by atoms with van der Waals surface area (Å²) >= 11 is 0. The third-order valence-corrected chi connectivity index (χ3v) is 4.67. The molecule has 0 unspecified atom stereocenters. The van der Waals surface area contributed by atoms with Crippen molar-refractivity contribution in [3.63, 3.8) is 0 Å². The van der Waals surface area contributed by atoms with Crippen LogP contribution in [0.1, 0.15) is 36.6 Å². The molecule has 1 aromatic heterocycles. The minimum Gasteiger partial charge on any atom is -0.394 e. The summed E-state index contributed by atoms with van der Waals surface area (Å²) in [7, 11) is 0. The van der Waals surface area contributed by atoms with Crippen molar-refractivity contribution in [2.45, 2.75) is 37.9 Å². The van der Waals surface area contributed by atoms with E-state index in [1.165, 1.54) is 4.90 Å². The third-order valence-electron chi connectivity index (χ3n) is 4.67. The predicted octanol–water partition coefficient (Wildman–Crippen LogP) is 2.25. The number of nitrogens with zero attached hydrogens (tertiary/aromatic N) is 3. The van der Waals surface area contributed by atoms with Gasteiger partial charge in [0.25, 0.3) is 0 Å². The van der Waals surface area contributed by atoms with Crippen LogP contribution in [0.2, 0.25) is 0 Å². The number of likely N-dealkylation sites (tertiary alicyclic amines) is 1. The molecule has 1 saturated heterocycles. The standard InChI is InChI=1S/C22H22N4O2/c1-15(2)25-22(28)26-19(13-23)21(20(26)14-27)17-9-6-16(7-10-17)8-11-18-5-3-4-12-24-18/h3-7,9-10,12,15,19-21,27H,14H2,1-2H3,(H,25,28)/t19-,20-,21-/m1/s1. The van der Waals surface area contributed by atoms with Gasteiger partial charge in [0.15, 0.2) is 0 Å². The lowest BCUT2D eigenvalue weighted by Crippen LogP contribution is -2.67. The number of aliphatic hydroxyl groups excluding tert-OH is 1. The lowest BCUT2D eigenvalue weighted by molar-refractivity contribution is 0.0162. The molecule has 6 nitrogen and oxygen atoms in total. The number of amides is 2. The molecule has 1 aliphatic heterocycles. The number of rotatable bonds is 3. The molecule has 1 aromatic carbocycles. The summed E-state index contributed by atoms with van der Waals surface area (Å²) < 4.78 is 0. The number of aromatic nitrogens is 1. The Bertz CT molecular complexity index is 923. The fraction of sp³-hybridized carbons (Fsp3) is 0.318. The van der Waals surface area contributed by atoms with Crippen molar-refractivity contribution in [3.05, 3.63) is 65.5 Å². The highest BCUT2D eigenvalue weighted by molar-refractivity contribution is 5.77. The molecule has 0 radical (unpaired) electrons. The Hall–Kier alpha value is -3.35. The maximum absolute atomic E-state index is 12.4. The van der Waals surface area contributed by atoms with Gasteiger partial charge in [0.05, 0.1) is 18.7 Å². The molecule has 0 spiro atoms. The second-order valence-corrected chi connectivity index (χ2v) is 6.95. The van der Waals surface area contributed by atoms with Crippen LogP contribution in [-0.2, 0) is 0 Å². The molecule has 2 amide bonds. The summed E-state index contributed by atoms with van der Waals surface area (Å²) in [5.74, 6) is 5.83. The van der Waals surface area contributed by atoms with Crippen molar-refractivity contribution < 1.29 is 9.90 Å². The topological polar surface area (TPSA) is 89.3 Å². The normalized spacial score (nSPS) is 20.5. The maximum Gasteiger partial charge on any atom is 0.319 e. The third kappa shape index (κ3) is 3.98. The summed E-state index contributed by atoms with van der Waals surface area (Å²) in [4.78, 5) is 18.0. The summed E-state index contributed by atoms with van der Waals surface area (Å²) in [6.45, 7) is 3.51. The average Bonchev–Trinajstić information content (AvgIpc) is 2.67. The number of pyridine rings is 1. The molecular weight excluding hydrogens is 352 g/mol. The second-order valence-electron chi connectivity index (χ2n) is 6.95. The molecule has 1 fully saturated rings. The fourth-order valence-corrected chi connectivity index (χ4v) is 3.37. The molecule has 28 heavy (non-hydrogen) atoms.